The van der Waals surface area contributed by atoms with Gasteiger partial charge in [-0.15, -0.1) is 0 Å². The van der Waals surface area contributed by atoms with Crippen LogP contribution >= 0.6 is 0 Å². The van der Waals surface area contributed by atoms with E-state index in [0.29, 0.717) is 23.4 Å². The molecule has 0 saturated heterocycles. The van der Waals surface area contributed by atoms with Crippen molar-refractivity contribution in [3.8, 4) is 51.0 Å². The van der Waals surface area contributed by atoms with E-state index in [-0.39, 0.29) is 0 Å². The van der Waals surface area contributed by atoms with Crippen molar-refractivity contribution in [3.63, 3.8) is 0 Å². The Morgan fingerprint density at radius 3 is 2.15 bits per heavy atom. The highest BCUT2D eigenvalue weighted by molar-refractivity contribution is 6.48. The lowest BCUT2D eigenvalue weighted by Crippen LogP contribution is -2.08. The average molecular weight is 796 g/mol. The predicted molar refractivity (Wildman–Crippen MR) is 255 cm³/mol. The molecule has 0 spiro atoms. The van der Waals surface area contributed by atoms with E-state index in [2.05, 4.69) is 170 Å². The van der Waals surface area contributed by atoms with Gasteiger partial charge in [-0.1, -0.05) is 163 Å². The van der Waals surface area contributed by atoms with Gasteiger partial charge in [0.2, 0.25) is 0 Å². The summed E-state index contributed by atoms with van der Waals surface area (Å²) in [6.07, 6.45) is 21.7. The molecular weight excluding hydrogens is 755 g/mol. The molecule has 0 bridgehead atoms. The Hall–Kier alpha value is -7.57. The summed E-state index contributed by atoms with van der Waals surface area (Å²) in [7, 11) is 2.34. The van der Waals surface area contributed by atoms with Crippen molar-refractivity contribution < 1.29 is 4.42 Å². The quantitative estimate of drug-likeness (QED) is 0.151. The molecule has 1 unspecified atom stereocenters. The molecule has 1 radical (unpaired) electrons. The SMILES string of the molecule is [B]1CC=CC=C1C1=Cc2c(c3cc(-c4ccccc4)ccc3n2-c2ccc3c(c2)oc2cccc(-c4nc(-c5ccccc5)nc(-c5ccc(C6C=CC=CC6)cc5)n4)c23)CC1. The van der Waals surface area contributed by atoms with Gasteiger partial charge in [-0.2, -0.15) is 0 Å². The minimum absolute atomic E-state index is 0.369. The standard InChI is InChI=1S/C56H40BN4O/c1-4-13-36(14-5-1)38-22-24-40(25-23-38)55-58-54(39-17-8-3-9-18-39)59-56(60-55)46-19-12-21-51-53(46)45-30-28-43(35-52(45)62-51)61-49-31-27-41(37-15-6-2-7-16-37)33-47(49)44-29-26-42(34-50(44)61)48-20-10-11-32-57-48/h1-13,15-25,27-28,30-31,33-36H,14,26,29,32H2. The van der Waals surface area contributed by atoms with Gasteiger partial charge >= 0.3 is 0 Å². The summed E-state index contributed by atoms with van der Waals surface area (Å²) in [5, 5.41) is 3.30. The Morgan fingerprint density at radius 1 is 0.597 bits per heavy atom. The van der Waals surface area contributed by atoms with Crippen molar-refractivity contribution in [3.05, 3.63) is 210 Å². The Labute approximate surface area is 361 Å². The predicted octanol–water partition coefficient (Wildman–Crippen LogP) is 13.9. The highest BCUT2D eigenvalue weighted by Gasteiger charge is 2.25. The smallest absolute Gasteiger partial charge is 0.164 e. The van der Waals surface area contributed by atoms with Crippen LogP contribution in [-0.4, -0.2) is 26.8 Å². The first-order valence-electron chi connectivity index (χ1n) is 21.6. The summed E-state index contributed by atoms with van der Waals surface area (Å²) in [6.45, 7) is 0. The zero-order valence-electron chi connectivity index (χ0n) is 34.1. The normalized spacial score (nSPS) is 15.8. The molecule has 6 aromatic carbocycles. The molecular formula is C56H40BN4O. The molecule has 0 fully saturated rings. The molecule has 6 heteroatoms. The zero-order chi connectivity index (χ0) is 41.0. The van der Waals surface area contributed by atoms with Gasteiger partial charge in [0, 0.05) is 50.5 Å². The fourth-order valence-corrected chi connectivity index (χ4v) is 9.54. The van der Waals surface area contributed by atoms with Crippen LogP contribution in [0.4, 0.5) is 0 Å². The van der Waals surface area contributed by atoms with Gasteiger partial charge in [-0.25, -0.2) is 15.0 Å². The molecule has 5 nitrogen and oxygen atoms in total. The molecule has 3 aromatic heterocycles. The van der Waals surface area contributed by atoms with Gasteiger partial charge in [0.25, 0.3) is 0 Å². The number of aromatic nitrogens is 4. The second kappa shape index (κ2) is 15.2. The molecule has 1 aliphatic heterocycles. The first-order valence-corrected chi connectivity index (χ1v) is 21.6. The highest BCUT2D eigenvalue weighted by atomic mass is 16.3. The van der Waals surface area contributed by atoms with Crippen molar-refractivity contribution >= 4 is 46.2 Å². The molecule has 3 aliphatic rings. The van der Waals surface area contributed by atoms with Crippen LogP contribution in [0, 0.1) is 0 Å². The average Bonchev–Trinajstić information content (AvgIpc) is 3.89. The fraction of sp³-hybridized carbons (Fsp3) is 0.0893. The van der Waals surface area contributed by atoms with Crippen LogP contribution < -0.4 is 0 Å². The van der Waals surface area contributed by atoms with E-state index in [1.165, 1.54) is 49.9 Å². The first kappa shape index (κ1) is 36.3. The van der Waals surface area contributed by atoms with E-state index >= 15 is 0 Å². The van der Waals surface area contributed by atoms with Crippen molar-refractivity contribution in [1.82, 2.24) is 19.5 Å². The largest absolute Gasteiger partial charge is 0.456 e. The lowest BCUT2D eigenvalue weighted by Gasteiger charge is -2.19. The Kier molecular flexibility index (Phi) is 8.88. The molecule has 12 rings (SSSR count). The van der Waals surface area contributed by atoms with Gasteiger partial charge in [-0.05, 0) is 77.9 Å². The summed E-state index contributed by atoms with van der Waals surface area (Å²) in [5.41, 5.74) is 15.7. The number of rotatable bonds is 7. The number of hydrogen-bond donors (Lipinski definition) is 0. The maximum absolute atomic E-state index is 6.77. The zero-order valence-corrected chi connectivity index (χ0v) is 34.1. The summed E-state index contributed by atoms with van der Waals surface area (Å²) in [5.74, 6) is 2.24. The first-order chi connectivity index (χ1) is 30.7. The van der Waals surface area contributed by atoms with Crippen LogP contribution in [0.2, 0.25) is 6.32 Å². The highest BCUT2D eigenvalue weighted by Crippen LogP contribution is 2.42. The molecule has 2 aliphatic carbocycles. The molecule has 293 valence electrons. The Balaban J connectivity index is 0.999. The van der Waals surface area contributed by atoms with E-state index in [4.69, 9.17) is 19.4 Å². The van der Waals surface area contributed by atoms with E-state index in [1.807, 2.05) is 30.3 Å². The van der Waals surface area contributed by atoms with Gasteiger partial charge in [-0.3, -0.25) is 0 Å². The number of fused-ring (bicyclic) bond motifs is 6. The van der Waals surface area contributed by atoms with E-state index < -0.39 is 0 Å². The third-order valence-electron chi connectivity index (χ3n) is 12.7. The number of allylic oxidation sites excluding steroid dienone is 9. The molecule has 0 saturated carbocycles. The summed E-state index contributed by atoms with van der Waals surface area (Å²) >= 11 is 0. The monoisotopic (exact) mass is 795 g/mol. The molecule has 4 heterocycles. The van der Waals surface area contributed by atoms with Gasteiger partial charge in [0.1, 0.15) is 11.2 Å². The second-order valence-electron chi connectivity index (χ2n) is 16.4. The third-order valence-corrected chi connectivity index (χ3v) is 12.7. The summed E-state index contributed by atoms with van der Waals surface area (Å²) in [6, 6.07) is 49.3. The molecule has 0 N–H and O–H groups in total. The minimum Gasteiger partial charge on any atom is -0.456 e. The van der Waals surface area contributed by atoms with Crippen molar-refractivity contribution in [1.29, 1.82) is 0 Å². The lowest BCUT2D eigenvalue weighted by molar-refractivity contribution is 0.668. The maximum Gasteiger partial charge on any atom is 0.164 e. The second-order valence-corrected chi connectivity index (χ2v) is 16.4. The van der Waals surface area contributed by atoms with Crippen LogP contribution in [0.5, 0.6) is 0 Å². The molecule has 0 amide bonds. The maximum atomic E-state index is 6.77. The fourth-order valence-electron chi connectivity index (χ4n) is 9.54. The van der Waals surface area contributed by atoms with Gasteiger partial charge < -0.3 is 8.98 Å². The van der Waals surface area contributed by atoms with E-state index in [0.717, 1.165) is 69.9 Å². The van der Waals surface area contributed by atoms with Crippen molar-refractivity contribution in [2.24, 2.45) is 0 Å². The topological polar surface area (TPSA) is 56.7 Å². The number of furan rings is 1. The van der Waals surface area contributed by atoms with Crippen LogP contribution in [0.1, 0.15) is 35.6 Å². The Bertz CT molecular complexity index is 3370. The van der Waals surface area contributed by atoms with E-state index in [9.17, 15) is 0 Å². The molecule has 62 heavy (non-hydrogen) atoms. The summed E-state index contributed by atoms with van der Waals surface area (Å²) < 4.78 is 9.20. The number of benzene rings is 6. The Morgan fingerprint density at radius 2 is 1.37 bits per heavy atom. The molecule has 9 aromatic rings. The lowest BCUT2D eigenvalue weighted by atomic mass is 9.60. The van der Waals surface area contributed by atoms with Crippen LogP contribution in [-0.2, 0) is 6.42 Å². The number of aryl methyl sites for hydroxylation is 1. The minimum atomic E-state index is 0.369. The number of hydrogen-bond acceptors (Lipinski definition) is 4. The van der Waals surface area contributed by atoms with Gasteiger partial charge in [0.05, 0.1) is 11.2 Å². The molecule has 1 atom stereocenters. The number of nitrogens with zero attached hydrogens (tertiary/aromatic N) is 4. The van der Waals surface area contributed by atoms with Crippen LogP contribution in [0.3, 0.4) is 0 Å². The van der Waals surface area contributed by atoms with Crippen molar-refractivity contribution in [2.45, 2.75) is 31.5 Å². The van der Waals surface area contributed by atoms with Gasteiger partial charge in [0.15, 0.2) is 24.8 Å². The van der Waals surface area contributed by atoms with Crippen molar-refractivity contribution in [2.75, 3.05) is 0 Å². The van der Waals surface area contributed by atoms with Crippen LogP contribution in [0.25, 0.3) is 89.9 Å². The van der Waals surface area contributed by atoms with Crippen LogP contribution in [0.15, 0.2) is 198 Å². The third kappa shape index (κ3) is 6.38. The van der Waals surface area contributed by atoms with E-state index in [1.54, 1.807) is 0 Å². The summed E-state index contributed by atoms with van der Waals surface area (Å²) in [4.78, 5) is 15.4.